The van der Waals surface area contributed by atoms with E-state index in [9.17, 15) is 22.8 Å². The second-order valence-electron chi connectivity index (χ2n) is 6.36. The number of methoxy groups -OCH3 is 1. The highest BCUT2D eigenvalue weighted by molar-refractivity contribution is 5.98. The Balaban J connectivity index is 1.76. The highest BCUT2D eigenvalue weighted by Gasteiger charge is 2.31. The smallest absolute Gasteiger partial charge is 0.496 e. The average molecular weight is 396 g/mol. The Kier molecular flexibility index (Phi) is 5.62. The highest BCUT2D eigenvalue weighted by atomic mass is 19.4. The molecule has 9 heteroatoms. The predicted octanol–water partition coefficient (Wildman–Crippen LogP) is 3.02. The molecule has 0 saturated carbocycles. The normalized spacial score (nSPS) is 13.6. The standard InChI is InChI=1S/C19H19F3N2O4/c1-27-15-10-16(25)24-9-3-2-4-14(24)17(15)18(26)23-11-12-5-7-13(8-6-12)28-19(20,21)22/h5-8,10H,2-4,9,11H2,1H3,(H,23,26). The molecule has 1 aromatic heterocycles. The van der Waals surface area contributed by atoms with Crippen molar-refractivity contribution in [3.63, 3.8) is 0 Å². The summed E-state index contributed by atoms with van der Waals surface area (Å²) in [7, 11) is 1.39. The summed E-state index contributed by atoms with van der Waals surface area (Å²) < 4.78 is 47.3. The number of pyridine rings is 1. The molecule has 3 rings (SSSR count). The summed E-state index contributed by atoms with van der Waals surface area (Å²) in [6, 6.07) is 6.53. The minimum atomic E-state index is -4.75. The summed E-state index contributed by atoms with van der Waals surface area (Å²) in [4.78, 5) is 24.9. The van der Waals surface area contributed by atoms with Crippen LogP contribution >= 0.6 is 0 Å². The monoisotopic (exact) mass is 396 g/mol. The second kappa shape index (κ2) is 7.95. The van der Waals surface area contributed by atoms with Gasteiger partial charge in [-0.1, -0.05) is 12.1 Å². The minimum absolute atomic E-state index is 0.104. The van der Waals surface area contributed by atoms with Gasteiger partial charge in [0.05, 0.1) is 7.11 Å². The quantitative estimate of drug-likeness (QED) is 0.844. The summed E-state index contributed by atoms with van der Waals surface area (Å²) >= 11 is 0. The van der Waals surface area contributed by atoms with Gasteiger partial charge < -0.3 is 19.4 Å². The SMILES string of the molecule is COc1cc(=O)n2c(c1C(=O)NCc1ccc(OC(F)(F)F)cc1)CCCC2. The fraction of sp³-hybridized carbons (Fsp3) is 0.368. The fourth-order valence-electron chi connectivity index (χ4n) is 3.22. The molecule has 0 spiro atoms. The van der Waals surface area contributed by atoms with Crippen molar-refractivity contribution >= 4 is 5.91 Å². The van der Waals surface area contributed by atoms with Gasteiger partial charge in [-0.3, -0.25) is 9.59 Å². The Hall–Kier alpha value is -2.97. The van der Waals surface area contributed by atoms with Crippen LogP contribution in [0.1, 0.15) is 34.5 Å². The number of rotatable bonds is 5. The number of aromatic nitrogens is 1. The maximum absolute atomic E-state index is 12.8. The summed E-state index contributed by atoms with van der Waals surface area (Å²) in [5, 5.41) is 2.73. The van der Waals surface area contributed by atoms with Crippen LogP contribution in [0.3, 0.4) is 0 Å². The molecule has 0 aliphatic carbocycles. The molecular formula is C19H19F3N2O4. The third-order valence-electron chi connectivity index (χ3n) is 4.48. The molecule has 2 aromatic rings. The first-order valence-electron chi connectivity index (χ1n) is 8.72. The van der Waals surface area contributed by atoms with Gasteiger partial charge in [-0.25, -0.2) is 0 Å². The highest BCUT2D eigenvalue weighted by Crippen LogP contribution is 2.25. The Labute approximate surface area is 158 Å². The number of carbonyl (C=O) groups is 1. The first-order chi connectivity index (χ1) is 13.3. The lowest BCUT2D eigenvalue weighted by atomic mass is 10.0. The summed E-state index contributed by atoms with van der Waals surface area (Å²) in [6.07, 6.45) is -2.42. The molecule has 2 heterocycles. The van der Waals surface area contributed by atoms with Gasteiger partial charge in [0.1, 0.15) is 17.1 Å². The van der Waals surface area contributed by atoms with Gasteiger partial charge in [-0.15, -0.1) is 13.2 Å². The Morgan fingerprint density at radius 2 is 1.93 bits per heavy atom. The molecule has 150 valence electrons. The van der Waals surface area contributed by atoms with E-state index in [0.29, 0.717) is 29.8 Å². The van der Waals surface area contributed by atoms with Crippen LogP contribution in [-0.4, -0.2) is 23.9 Å². The number of carbonyl (C=O) groups excluding carboxylic acids is 1. The molecule has 1 aliphatic heterocycles. The maximum Gasteiger partial charge on any atom is 0.573 e. The minimum Gasteiger partial charge on any atom is -0.496 e. The number of amides is 1. The van der Waals surface area contributed by atoms with Crippen LogP contribution in [0.2, 0.25) is 0 Å². The lowest BCUT2D eigenvalue weighted by Gasteiger charge is -2.22. The third kappa shape index (κ3) is 4.47. The zero-order valence-electron chi connectivity index (χ0n) is 15.1. The lowest BCUT2D eigenvalue weighted by Crippen LogP contribution is -2.32. The largest absolute Gasteiger partial charge is 0.573 e. The van der Waals surface area contributed by atoms with E-state index in [1.165, 1.54) is 37.4 Å². The number of nitrogens with one attached hydrogen (secondary N) is 1. The third-order valence-corrected chi connectivity index (χ3v) is 4.48. The Morgan fingerprint density at radius 1 is 1.21 bits per heavy atom. The maximum atomic E-state index is 12.8. The predicted molar refractivity (Wildman–Crippen MR) is 94.5 cm³/mol. The zero-order chi connectivity index (χ0) is 20.3. The fourth-order valence-corrected chi connectivity index (χ4v) is 3.22. The van der Waals surface area contributed by atoms with E-state index in [1.54, 1.807) is 4.57 Å². The van der Waals surface area contributed by atoms with Crippen molar-refractivity contribution in [1.82, 2.24) is 9.88 Å². The number of hydrogen-bond donors (Lipinski definition) is 1. The van der Waals surface area contributed by atoms with Crippen LogP contribution in [0.15, 0.2) is 35.1 Å². The molecule has 1 aliphatic rings. The van der Waals surface area contributed by atoms with Gasteiger partial charge in [0.2, 0.25) is 0 Å². The number of fused-ring (bicyclic) bond motifs is 1. The number of alkyl halides is 3. The summed E-state index contributed by atoms with van der Waals surface area (Å²) in [6.45, 7) is 0.659. The molecule has 6 nitrogen and oxygen atoms in total. The second-order valence-corrected chi connectivity index (χ2v) is 6.36. The van der Waals surface area contributed by atoms with Crippen LogP contribution in [-0.2, 0) is 19.5 Å². The molecule has 1 amide bonds. The molecule has 1 aromatic carbocycles. The van der Waals surface area contributed by atoms with E-state index >= 15 is 0 Å². The summed E-state index contributed by atoms with van der Waals surface area (Å²) in [5.74, 6) is -0.525. The van der Waals surface area contributed by atoms with Crippen molar-refractivity contribution in [3.8, 4) is 11.5 Å². The Morgan fingerprint density at radius 3 is 2.57 bits per heavy atom. The molecule has 0 bridgehead atoms. The van der Waals surface area contributed by atoms with Gasteiger partial charge >= 0.3 is 6.36 Å². The molecule has 0 saturated heterocycles. The molecular weight excluding hydrogens is 377 g/mol. The van der Waals surface area contributed by atoms with E-state index in [2.05, 4.69) is 10.1 Å². The molecule has 0 fully saturated rings. The molecule has 0 unspecified atom stereocenters. The van der Waals surface area contributed by atoms with Crippen LogP contribution in [0, 0.1) is 0 Å². The van der Waals surface area contributed by atoms with Crippen molar-refractivity contribution in [3.05, 3.63) is 57.5 Å². The number of halogens is 3. The topological polar surface area (TPSA) is 69.6 Å². The molecule has 0 atom stereocenters. The number of benzene rings is 1. The van der Waals surface area contributed by atoms with Gasteiger partial charge in [-0.05, 0) is 37.0 Å². The number of ether oxygens (including phenoxy) is 2. The van der Waals surface area contributed by atoms with Crippen LogP contribution in [0.25, 0.3) is 0 Å². The van der Waals surface area contributed by atoms with Gasteiger partial charge in [-0.2, -0.15) is 0 Å². The molecule has 0 radical (unpaired) electrons. The molecule has 28 heavy (non-hydrogen) atoms. The summed E-state index contributed by atoms with van der Waals surface area (Å²) in [5.41, 5.74) is 1.35. The first kappa shape index (κ1) is 19.8. The lowest BCUT2D eigenvalue weighted by molar-refractivity contribution is -0.274. The number of hydrogen-bond acceptors (Lipinski definition) is 4. The van der Waals surface area contributed by atoms with Gasteiger partial charge in [0.15, 0.2) is 0 Å². The Bertz CT molecular complexity index is 921. The van der Waals surface area contributed by atoms with Crippen molar-refractivity contribution in [2.45, 2.75) is 38.7 Å². The van der Waals surface area contributed by atoms with Crippen molar-refractivity contribution < 1.29 is 27.4 Å². The van der Waals surface area contributed by atoms with E-state index < -0.39 is 12.3 Å². The van der Waals surface area contributed by atoms with Crippen molar-refractivity contribution in [2.24, 2.45) is 0 Å². The van der Waals surface area contributed by atoms with Gasteiger partial charge in [0.25, 0.3) is 11.5 Å². The van der Waals surface area contributed by atoms with E-state index in [4.69, 9.17) is 4.74 Å². The van der Waals surface area contributed by atoms with Crippen LogP contribution in [0.5, 0.6) is 11.5 Å². The average Bonchev–Trinajstić information content (AvgIpc) is 2.66. The first-order valence-corrected chi connectivity index (χ1v) is 8.72. The van der Waals surface area contributed by atoms with Gasteiger partial charge in [0, 0.05) is 24.8 Å². The zero-order valence-corrected chi connectivity index (χ0v) is 15.1. The van der Waals surface area contributed by atoms with E-state index in [1.807, 2.05) is 0 Å². The van der Waals surface area contributed by atoms with Crippen molar-refractivity contribution in [2.75, 3.05) is 7.11 Å². The molecule has 1 N–H and O–H groups in total. The van der Waals surface area contributed by atoms with Crippen LogP contribution < -0.4 is 20.3 Å². The number of nitrogens with zero attached hydrogens (tertiary/aromatic N) is 1. The van der Waals surface area contributed by atoms with Crippen LogP contribution in [0.4, 0.5) is 13.2 Å². The van der Waals surface area contributed by atoms with Crippen molar-refractivity contribution in [1.29, 1.82) is 0 Å². The van der Waals surface area contributed by atoms with E-state index in [-0.39, 0.29) is 23.6 Å². The van der Waals surface area contributed by atoms with E-state index in [0.717, 1.165) is 12.8 Å².